The number of nitrogens with zero attached hydrogens (tertiary/aromatic N) is 2. The van der Waals surface area contributed by atoms with Crippen molar-refractivity contribution in [3.05, 3.63) is 106 Å². The summed E-state index contributed by atoms with van der Waals surface area (Å²) in [6, 6.07) is 16.2. The standard InChI is InChI=1S/C24H15F3N2O6/c25-24(26,27)35-18-11-5-9-16(13-18)28-20(14-6-2-1-3-7-14)19(22(31)23(28)32)21(30)15-8-4-10-17(12-15)29(33)34/h1-13,20,30H/b21-19-. The zero-order valence-corrected chi connectivity index (χ0v) is 17.6. The number of carbonyl (C=O) groups excluding carboxylic acids is 2. The van der Waals surface area contributed by atoms with Gasteiger partial charge >= 0.3 is 6.36 Å². The van der Waals surface area contributed by atoms with Crippen LogP contribution in [-0.4, -0.2) is 28.1 Å². The summed E-state index contributed by atoms with van der Waals surface area (Å²) >= 11 is 0. The van der Waals surface area contributed by atoms with E-state index in [1.807, 2.05) is 0 Å². The highest BCUT2D eigenvalue weighted by Crippen LogP contribution is 2.43. The summed E-state index contributed by atoms with van der Waals surface area (Å²) in [5.41, 5.74) is -0.505. The third-order valence-corrected chi connectivity index (χ3v) is 5.22. The number of ether oxygens (including phenoxy) is 1. The lowest BCUT2D eigenvalue weighted by Crippen LogP contribution is -2.29. The maximum Gasteiger partial charge on any atom is 0.573 e. The lowest BCUT2D eigenvalue weighted by molar-refractivity contribution is -0.384. The van der Waals surface area contributed by atoms with Gasteiger partial charge in [0.15, 0.2) is 0 Å². The van der Waals surface area contributed by atoms with E-state index in [0.717, 1.165) is 23.1 Å². The first-order valence-electron chi connectivity index (χ1n) is 10.0. The number of rotatable bonds is 5. The monoisotopic (exact) mass is 484 g/mol. The number of amides is 1. The van der Waals surface area contributed by atoms with E-state index in [1.54, 1.807) is 30.3 Å². The van der Waals surface area contributed by atoms with Gasteiger partial charge in [0.2, 0.25) is 0 Å². The van der Waals surface area contributed by atoms with Gasteiger partial charge in [-0.05, 0) is 17.7 Å². The van der Waals surface area contributed by atoms with Gasteiger partial charge in [-0.2, -0.15) is 0 Å². The Morgan fingerprint density at radius 2 is 1.66 bits per heavy atom. The number of hydrogen-bond acceptors (Lipinski definition) is 6. The van der Waals surface area contributed by atoms with Crippen LogP contribution in [0.2, 0.25) is 0 Å². The predicted molar refractivity (Wildman–Crippen MR) is 117 cm³/mol. The second-order valence-electron chi connectivity index (χ2n) is 7.43. The second-order valence-corrected chi connectivity index (χ2v) is 7.43. The number of carbonyl (C=O) groups is 2. The molecule has 1 fully saturated rings. The Balaban J connectivity index is 1.90. The minimum absolute atomic E-state index is 0.0766. The molecule has 0 radical (unpaired) electrons. The summed E-state index contributed by atoms with van der Waals surface area (Å²) in [6.07, 6.45) is -4.98. The van der Waals surface area contributed by atoms with Crippen LogP contribution in [0.4, 0.5) is 24.5 Å². The first-order chi connectivity index (χ1) is 16.6. The minimum atomic E-state index is -4.98. The maximum absolute atomic E-state index is 13.1. The molecule has 4 rings (SSSR count). The number of Topliss-reactive ketones (excluding diaryl/α,β-unsaturated/α-hetero) is 1. The molecule has 11 heteroatoms. The first-order valence-corrected chi connectivity index (χ1v) is 10.0. The third kappa shape index (κ3) is 4.69. The van der Waals surface area contributed by atoms with Gasteiger partial charge in [-0.15, -0.1) is 13.2 Å². The van der Waals surface area contributed by atoms with Crippen molar-refractivity contribution in [1.29, 1.82) is 0 Å². The van der Waals surface area contributed by atoms with E-state index < -0.39 is 40.5 Å². The average Bonchev–Trinajstić information content (AvgIpc) is 3.09. The van der Waals surface area contributed by atoms with Gasteiger partial charge in [0, 0.05) is 29.4 Å². The topological polar surface area (TPSA) is 110 Å². The normalized spacial score (nSPS) is 17.5. The van der Waals surface area contributed by atoms with Crippen LogP contribution >= 0.6 is 0 Å². The SMILES string of the molecule is O=C1C(=O)N(c2cccc(OC(F)(F)F)c2)C(c2ccccc2)/C1=C(/O)c1cccc([N+](=O)[O-])c1. The van der Waals surface area contributed by atoms with E-state index in [2.05, 4.69) is 4.74 Å². The molecule has 1 aliphatic heterocycles. The Hall–Kier alpha value is -4.67. The fraction of sp³-hybridized carbons (Fsp3) is 0.0833. The molecular formula is C24H15F3N2O6. The Morgan fingerprint density at radius 3 is 2.31 bits per heavy atom. The predicted octanol–water partition coefficient (Wildman–Crippen LogP) is 5.12. The van der Waals surface area contributed by atoms with Crippen molar-refractivity contribution in [1.82, 2.24) is 0 Å². The number of non-ortho nitro benzene ring substituents is 1. The molecule has 178 valence electrons. The summed E-state index contributed by atoms with van der Waals surface area (Å²) in [4.78, 5) is 37.6. The molecule has 1 saturated heterocycles. The van der Waals surface area contributed by atoms with Crippen LogP contribution in [0.1, 0.15) is 17.2 Å². The van der Waals surface area contributed by atoms with E-state index in [-0.39, 0.29) is 22.5 Å². The summed E-state index contributed by atoms with van der Waals surface area (Å²) < 4.78 is 42.1. The molecule has 0 bridgehead atoms. The summed E-state index contributed by atoms with van der Waals surface area (Å²) in [5, 5.41) is 22.2. The number of alkyl halides is 3. The van der Waals surface area contributed by atoms with Gasteiger partial charge in [0.1, 0.15) is 11.5 Å². The molecule has 1 heterocycles. The number of ketones is 1. The van der Waals surface area contributed by atoms with Crippen LogP contribution in [0.15, 0.2) is 84.4 Å². The second kappa shape index (κ2) is 8.93. The van der Waals surface area contributed by atoms with Crippen LogP contribution in [0, 0.1) is 10.1 Å². The van der Waals surface area contributed by atoms with Crippen LogP contribution < -0.4 is 9.64 Å². The first kappa shape index (κ1) is 23.5. The van der Waals surface area contributed by atoms with Crippen molar-refractivity contribution in [3.63, 3.8) is 0 Å². The smallest absolute Gasteiger partial charge is 0.507 e. The summed E-state index contributed by atoms with van der Waals surface area (Å²) in [5.74, 6) is -3.48. The Kier molecular flexibility index (Phi) is 6.00. The van der Waals surface area contributed by atoms with E-state index in [9.17, 15) is 38.0 Å². The molecule has 1 unspecified atom stereocenters. The molecule has 3 aromatic carbocycles. The molecule has 1 N–H and O–H groups in total. The van der Waals surface area contributed by atoms with Crippen molar-refractivity contribution < 1.29 is 37.5 Å². The maximum atomic E-state index is 13.1. The van der Waals surface area contributed by atoms with Gasteiger partial charge < -0.3 is 9.84 Å². The van der Waals surface area contributed by atoms with Gasteiger partial charge in [-0.25, -0.2) is 0 Å². The Labute approximate surface area is 195 Å². The molecule has 0 spiro atoms. The number of benzene rings is 3. The van der Waals surface area contributed by atoms with Crippen LogP contribution in [0.5, 0.6) is 5.75 Å². The number of nitro groups is 1. The minimum Gasteiger partial charge on any atom is -0.507 e. The van der Waals surface area contributed by atoms with Crippen LogP contribution in [0.25, 0.3) is 5.76 Å². The van der Waals surface area contributed by atoms with Crippen molar-refractivity contribution in [2.45, 2.75) is 12.4 Å². The zero-order chi connectivity index (χ0) is 25.3. The summed E-state index contributed by atoms with van der Waals surface area (Å²) in [7, 11) is 0. The highest BCUT2D eigenvalue weighted by molar-refractivity contribution is 6.51. The van der Waals surface area contributed by atoms with Gasteiger partial charge in [0.05, 0.1) is 16.5 Å². The zero-order valence-electron chi connectivity index (χ0n) is 17.6. The molecule has 1 amide bonds. The number of anilines is 1. The molecule has 0 aromatic heterocycles. The molecule has 35 heavy (non-hydrogen) atoms. The molecule has 0 aliphatic carbocycles. The molecule has 1 atom stereocenters. The summed E-state index contributed by atoms with van der Waals surface area (Å²) in [6.45, 7) is 0. The number of aliphatic hydroxyl groups is 1. The van der Waals surface area contributed by atoms with Crippen molar-refractivity contribution in [2.24, 2.45) is 0 Å². The molecular weight excluding hydrogens is 469 g/mol. The number of nitro benzene ring substituents is 1. The van der Waals surface area contributed by atoms with E-state index >= 15 is 0 Å². The van der Waals surface area contributed by atoms with Crippen LogP contribution in [0.3, 0.4) is 0 Å². The van der Waals surface area contributed by atoms with Gasteiger partial charge in [-0.3, -0.25) is 24.6 Å². The molecule has 0 saturated carbocycles. The van der Waals surface area contributed by atoms with E-state index in [0.29, 0.717) is 5.56 Å². The van der Waals surface area contributed by atoms with Crippen molar-refractivity contribution in [3.8, 4) is 5.75 Å². The highest BCUT2D eigenvalue weighted by Gasteiger charge is 2.47. The Morgan fingerprint density at radius 1 is 0.971 bits per heavy atom. The van der Waals surface area contributed by atoms with Gasteiger partial charge in [0.25, 0.3) is 17.4 Å². The largest absolute Gasteiger partial charge is 0.573 e. The number of halogens is 3. The number of aliphatic hydroxyl groups excluding tert-OH is 1. The average molecular weight is 484 g/mol. The third-order valence-electron chi connectivity index (χ3n) is 5.22. The number of hydrogen-bond donors (Lipinski definition) is 1. The van der Waals surface area contributed by atoms with Gasteiger partial charge in [-0.1, -0.05) is 48.5 Å². The fourth-order valence-corrected chi connectivity index (χ4v) is 3.80. The molecule has 3 aromatic rings. The van der Waals surface area contributed by atoms with E-state index in [1.165, 1.54) is 30.3 Å². The van der Waals surface area contributed by atoms with E-state index in [4.69, 9.17) is 0 Å². The Bertz CT molecular complexity index is 1350. The lowest BCUT2D eigenvalue weighted by Gasteiger charge is -2.25. The van der Waals surface area contributed by atoms with Crippen molar-refractivity contribution in [2.75, 3.05) is 4.90 Å². The van der Waals surface area contributed by atoms with Crippen LogP contribution in [-0.2, 0) is 9.59 Å². The molecule has 8 nitrogen and oxygen atoms in total. The lowest BCUT2D eigenvalue weighted by atomic mass is 9.95. The molecule has 1 aliphatic rings. The fourth-order valence-electron chi connectivity index (χ4n) is 3.80. The quantitative estimate of drug-likeness (QED) is 0.177. The van der Waals surface area contributed by atoms with Crippen molar-refractivity contribution >= 4 is 28.8 Å². The highest BCUT2D eigenvalue weighted by atomic mass is 19.4.